The number of nitrogens with one attached hydrogen (secondary N) is 1. The summed E-state index contributed by atoms with van der Waals surface area (Å²) in [6.07, 6.45) is -2.47. The topological polar surface area (TPSA) is 62.5 Å². The number of aliphatic hydroxyl groups excluding tert-OH is 1. The lowest BCUT2D eigenvalue weighted by atomic mass is 10.2. The number of methoxy groups -OCH3 is 1. The van der Waals surface area contributed by atoms with Gasteiger partial charge in [0.1, 0.15) is 5.82 Å². The van der Waals surface area contributed by atoms with Gasteiger partial charge < -0.3 is 20.1 Å². The molecule has 0 fully saturated rings. The predicted octanol–water partition coefficient (Wildman–Crippen LogP) is 0.528. The van der Waals surface area contributed by atoms with Crippen molar-refractivity contribution >= 4 is 5.82 Å². The molecule has 0 saturated carbocycles. The molecule has 0 radical (unpaired) electrons. The van der Waals surface area contributed by atoms with Gasteiger partial charge in [-0.1, -0.05) is 0 Å². The molecule has 122 valence electrons. The van der Waals surface area contributed by atoms with Gasteiger partial charge in [-0.05, 0) is 6.92 Å². The van der Waals surface area contributed by atoms with Crippen molar-refractivity contribution in [2.75, 3.05) is 44.9 Å². The monoisotopic (exact) mass is 306 g/mol. The standard InChI is InChI=1S/C13H24F2N4O2/c1-10-11(8-16-4-7-21-3)13(18(2)17-10)19(5-6-20)9-12(14)15/h12,16,20H,4-9H2,1-3H3. The Bertz CT molecular complexity index is 427. The van der Waals surface area contributed by atoms with E-state index in [1.54, 1.807) is 18.8 Å². The van der Waals surface area contributed by atoms with Gasteiger partial charge in [0.05, 0.1) is 25.5 Å². The number of hydrogen-bond donors (Lipinski definition) is 2. The highest BCUT2D eigenvalue weighted by Gasteiger charge is 2.21. The summed E-state index contributed by atoms with van der Waals surface area (Å²) in [7, 11) is 3.34. The van der Waals surface area contributed by atoms with E-state index in [0.717, 1.165) is 11.3 Å². The van der Waals surface area contributed by atoms with Crippen molar-refractivity contribution in [3.63, 3.8) is 0 Å². The highest BCUT2D eigenvalue weighted by Crippen LogP contribution is 2.23. The van der Waals surface area contributed by atoms with Crippen LogP contribution in [-0.4, -0.2) is 61.3 Å². The molecule has 6 nitrogen and oxygen atoms in total. The Hall–Kier alpha value is -1.25. The average molecular weight is 306 g/mol. The number of aromatic nitrogens is 2. The van der Waals surface area contributed by atoms with Gasteiger partial charge in [-0.2, -0.15) is 5.10 Å². The average Bonchev–Trinajstić information content (AvgIpc) is 2.68. The Morgan fingerprint density at radius 2 is 2.19 bits per heavy atom. The second-order valence-electron chi connectivity index (χ2n) is 4.74. The minimum Gasteiger partial charge on any atom is -0.395 e. The second-order valence-corrected chi connectivity index (χ2v) is 4.74. The Balaban J connectivity index is 2.91. The third kappa shape index (κ3) is 5.22. The van der Waals surface area contributed by atoms with Gasteiger partial charge in [0.25, 0.3) is 6.43 Å². The normalized spacial score (nSPS) is 11.4. The molecule has 0 atom stereocenters. The minimum atomic E-state index is -2.47. The van der Waals surface area contributed by atoms with Crippen LogP contribution in [0, 0.1) is 6.92 Å². The third-order valence-corrected chi connectivity index (χ3v) is 3.13. The highest BCUT2D eigenvalue weighted by atomic mass is 19.3. The summed E-state index contributed by atoms with van der Waals surface area (Å²) in [5.74, 6) is 0.617. The number of rotatable bonds is 10. The number of alkyl halides is 2. The fraction of sp³-hybridized carbons (Fsp3) is 0.769. The van der Waals surface area contributed by atoms with Crippen molar-refractivity contribution in [2.24, 2.45) is 7.05 Å². The van der Waals surface area contributed by atoms with Crippen LogP contribution in [0.2, 0.25) is 0 Å². The molecule has 0 spiro atoms. The first-order valence-corrected chi connectivity index (χ1v) is 6.87. The van der Waals surface area contributed by atoms with E-state index in [9.17, 15) is 8.78 Å². The first-order chi connectivity index (χ1) is 10.0. The van der Waals surface area contributed by atoms with E-state index in [1.807, 2.05) is 6.92 Å². The molecule has 0 aliphatic carbocycles. The molecule has 1 aromatic heterocycles. The quantitative estimate of drug-likeness (QED) is 0.617. The number of anilines is 1. The van der Waals surface area contributed by atoms with Crippen LogP contribution in [0.15, 0.2) is 0 Å². The van der Waals surface area contributed by atoms with Crippen molar-refractivity contribution < 1.29 is 18.6 Å². The number of aliphatic hydroxyl groups is 1. The van der Waals surface area contributed by atoms with Gasteiger partial charge in [0.2, 0.25) is 0 Å². The zero-order valence-electron chi connectivity index (χ0n) is 12.8. The van der Waals surface area contributed by atoms with Gasteiger partial charge in [-0.25, -0.2) is 8.78 Å². The molecule has 2 N–H and O–H groups in total. The number of ether oxygens (including phenoxy) is 1. The molecular formula is C13H24F2N4O2. The van der Waals surface area contributed by atoms with E-state index in [4.69, 9.17) is 9.84 Å². The van der Waals surface area contributed by atoms with Crippen LogP contribution < -0.4 is 10.2 Å². The molecule has 0 unspecified atom stereocenters. The van der Waals surface area contributed by atoms with Crippen molar-refractivity contribution in [2.45, 2.75) is 19.9 Å². The number of halogens is 2. The first kappa shape index (κ1) is 17.8. The zero-order chi connectivity index (χ0) is 15.8. The summed E-state index contributed by atoms with van der Waals surface area (Å²) >= 11 is 0. The van der Waals surface area contributed by atoms with Crippen molar-refractivity contribution in [1.29, 1.82) is 0 Å². The molecule has 1 rings (SSSR count). The molecule has 0 aliphatic rings. The van der Waals surface area contributed by atoms with E-state index < -0.39 is 13.0 Å². The van der Waals surface area contributed by atoms with E-state index in [1.165, 1.54) is 4.90 Å². The zero-order valence-corrected chi connectivity index (χ0v) is 12.8. The SMILES string of the molecule is COCCNCc1c(C)nn(C)c1N(CCO)CC(F)F. The van der Waals surface area contributed by atoms with Crippen LogP contribution in [0.5, 0.6) is 0 Å². The maximum atomic E-state index is 12.7. The van der Waals surface area contributed by atoms with Gasteiger partial charge in [-0.3, -0.25) is 4.68 Å². The molecule has 0 bridgehead atoms. The summed E-state index contributed by atoms with van der Waals surface area (Å²) in [6.45, 7) is 3.14. The molecule has 0 aromatic carbocycles. The van der Waals surface area contributed by atoms with Crippen LogP contribution in [0.4, 0.5) is 14.6 Å². The predicted molar refractivity (Wildman–Crippen MR) is 76.8 cm³/mol. The molecule has 0 aliphatic heterocycles. The van der Waals surface area contributed by atoms with Crippen LogP contribution in [-0.2, 0) is 18.3 Å². The minimum absolute atomic E-state index is 0.147. The van der Waals surface area contributed by atoms with Crippen molar-refractivity contribution in [3.8, 4) is 0 Å². The summed E-state index contributed by atoms with van der Waals surface area (Å²) < 4.78 is 32.0. The number of hydrogen-bond acceptors (Lipinski definition) is 5. The smallest absolute Gasteiger partial charge is 0.255 e. The molecule has 21 heavy (non-hydrogen) atoms. The van der Waals surface area contributed by atoms with Gasteiger partial charge in [-0.15, -0.1) is 0 Å². The van der Waals surface area contributed by atoms with Crippen LogP contribution in [0.25, 0.3) is 0 Å². The number of nitrogens with zero attached hydrogens (tertiary/aromatic N) is 3. The van der Waals surface area contributed by atoms with Crippen molar-refractivity contribution in [1.82, 2.24) is 15.1 Å². The van der Waals surface area contributed by atoms with E-state index >= 15 is 0 Å². The highest BCUT2D eigenvalue weighted by molar-refractivity contribution is 5.50. The van der Waals surface area contributed by atoms with E-state index in [0.29, 0.717) is 25.5 Å². The lowest BCUT2D eigenvalue weighted by Crippen LogP contribution is -2.34. The Labute approximate surface area is 123 Å². The number of aryl methyl sites for hydroxylation is 2. The first-order valence-electron chi connectivity index (χ1n) is 6.87. The fourth-order valence-corrected chi connectivity index (χ4v) is 2.25. The Morgan fingerprint density at radius 1 is 1.48 bits per heavy atom. The van der Waals surface area contributed by atoms with Crippen LogP contribution >= 0.6 is 0 Å². The van der Waals surface area contributed by atoms with Gasteiger partial charge in [0.15, 0.2) is 0 Å². The summed E-state index contributed by atoms with van der Waals surface area (Å²) in [4.78, 5) is 1.47. The summed E-state index contributed by atoms with van der Waals surface area (Å²) in [5.41, 5.74) is 1.65. The molecule has 1 aromatic rings. The van der Waals surface area contributed by atoms with Crippen LogP contribution in [0.1, 0.15) is 11.3 Å². The fourth-order valence-electron chi connectivity index (χ4n) is 2.25. The summed E-state index contributed by atoms with van der Waals surface area (Å²) in [6, 6.07) is 0. The summed E-state index contributed by atoms with van der Waals surface area (Å²) in [5, 5.41) is 16.6. The Kier molecular flexibility index (Phi) is 7.55. The van der Waals surface area contributed by atoms with Gasteiger partial charge in [0, 0.05) is 39.4 Å². The molecule has 8 heteroatoms. The second kappa shape index (κ2) is 8.91. The van der Waals surface area contributed by atoms with E-state index in [-0.39, 0.29) is 13.2 Å². The lowest BCUT2D eigenvalue weighted by Gasteiger charge is -2.25. The maximum absolute atomic E-state index is 12.7. The maximum Gasteiger partial charge on any atom is 0.255 e. The van der Waals surface area contributed by atoms with Gasteiger partial charge >= 0.3 is 0 Å². The molecule has 0 saturated heterocycles. The van der Waals surface area contributed by atoms with E-state index in [2.05, 4.69) is 10.4 Å². The molecule has 0 amide bonds. The molecule has 1 heterocycles. The largest absolute Gasteiger partial charge is 0.395 e. The lowest BCUT2D eigenvalue weighted by molar-refractivity contribution is 0.152. The van der Waals surface area contributed by atoms with Crippen LogP contribution in [0.3, 0.4) is 0 Å². The molecular weight excluding hydrogens is 282 g/mol. The third-order valence-electron chi connectivity index (χ3n) is 3.13. The van der Waals surface area contributed by atoms with Crippen molar-refractivity contribution in [3.05, 3.63) is 11.3 Å². The Morgan fingerprint density at radius 3 is 2.76 bits per heavy atom.